The molecule has 0 aromatic heterocycles. The van der Waals surface area contributed by atoms with Gasteiger partial charge in [0.1, 0.15) is 5.75 Å². The molecule has 1 N–H and O–H groups in total. The van der Waals surface area contributed by atoms with Crippen LogP contribution < -0.4 is 10.1 Å². The van der Waals surface area contributed by atoms with E-state index in [-0.39, 0.29) is 36.8 Å². The first-order valence-corrected chi connectivity index (χ1v) is 11.0. The monoisotopic (exact) mass is 477 g/mol. The van der Waals surface area contributed by atoms with Gasteiger partial charge in [0.25, 0.3) is 5.91 Å². The van der Waals surface area contributed by atoms with Crippen LogP contribution in [0.5, 0.6) is 5.75 Å². The minimum atomic E-state index is -0.329. The molecule has 3 amide bonds. The fourth-order valence-electron chi connectivity index (χ4n) is 3.51. The summed E-state index contributed by atoms with van der Waals surface area (Å²) in [5.41, 5.74) is 0.509. The minimum absolute atomic E-state index is 0.0303. The van der Waals surface area contributed by atoms with Crippen molar-refractivity contribution >= 4 is 46.6 Å². The number of hydrogen-bond donors (Lipinski definition) is 1. The number of nitrogens with one attached hydrogen (secondary N) is 1. The van der Waals surface area contributed by atoms with Crippen molar-refractivity contribution in [2.24, 2.45) is 5.92 Å². The third-order valence-corrected chi connectivity index (χ3v) is 6.00. The molecule has 0 bridgehead atoms. The Kier molecular flexibility index (Phi) is 8.36. The Labute approximate surface area is 197 Å². The number of amides is 3. The third-order valence-electron chi connectivity index (χ3n) is 5.26. The third kappa shape index (κ3) is 6.61. The van der Waals surface area contributed by atoms with Gasteiger partial charge in [-0.1, -0.05) is 41.4 Å². The van der Waals surface area contributed by atoms with E-state index in [1.54, 1.807) is 42.3 Å². The van der Waals surface area contributed by atoms with E-state index in [0.29, 0.717) is 47.4 Å². The molecule has 1 fully saturated rings. The molecule has 0 atom stereocenters. The van der Waals surface area contributed by atoms with Gasteiger partial charge in [-0.15, -0.1) is 0 Å². The summed E-state index contributed by atoms with van der Waals surface area (Å²) in [6, 6.07) is 14.0. The van der Waals surface area contributed by atoms with E-state index < -0.39 is 0 Å². The number of likely N-dealkylation sites (N-methyl/N-ethyl adjacent to an activating group) is 1. The van der Waals surface area contributed by atoms with Crippen molar-refractivity contribution in [2.75, 3.05) is 38.6 Å². The van der Waals surface area contributed by atoms with E-state index in [0.717, 1.165) is 0 Å². The van der Waals surface area contributed by atoms with Crippen LogP contribution >= 0.6 is 23.2 Å². The number of halogens is 2. The number of anilines is 1. The number of likely N-dealkylation sites (tertiary alicyclic amines) is 1. The number of carbonyl (C=O) groups excluding carboxylic acids is 3. The first-order valence-electron chi connectivity index (χ1n) is 10.3. The molecule has 0 radical (unpaired) electrons. The van der Waals surface area contributed by atoms with Crippen molar-refractivity contribution in [3.05, 3.63) is 58.6 Å². The van der Waals surface area contributed by atoms with Gasteiger partial charge in [-0.2, -0.15) is 0 Å². The molecule has 0 saturated carbocycles. The molecule has 9 heteroatoms. The standard InChI is InChI=1S/C23H25Cl2N3O4/c1-27(14-21(29)26-17-7-8-19(24)20(25)13-17)23(31)16-9-11-28(12-10-16)22(30)15-32-18-5-3-2-4-6-18/h2-8,13,16H,9-12,14-15H2,1H3,(H,26,29). The summed E-state index contributed by atoms with van der Waals surface area (Å²) < 4.78 is 5.51. The lowest BCUT2D eigenvalue weighted by molar-refractivity contribution is -0.141. The first kappa shape index (κ1) is 23.9. The highest BCUT2D eigenvalue weighted by molar-refractivity contribution is 6.42. The van der Waals surface area contributed by atoms with Crippen LogP contribution in [0.2, 0.25) is 10.0 Å². The largest absolute Gasteiger partial charge is 0.484 e. The van der Waals surface area contributed by atoms with Gasteiger partial charge in [-0.3, -0.25) is 14.4 Å². The fraction of sp³-hybridized carbons (Fsp3) is 0.348. The summed E-state index contributed by atoms with van der Waals surface area (Å²) >= 11 is 11.8. The molecule has 1 heterocycles. The Hall–Kier alpha value is -2.77. The predicted octanol–water partition coefficient (Wildman–Crippen LogP) is 3.71. The van der Waals surface area contributed by atoms with Crippen molar-refractivity contribution in [2.45, 2.75) is 12.8 Å². The van der Waals surface area contributed by atoms with Crippen molar-refractivity contribution in [1.82, 2.24) is 9.80 Å². The van der Waals surface area contributed by atoms with Gasteiger partial charge in [0.05, 0.1) is 16.6 Å². The molecule has 32 heavy (non-hydrogen) atoms. The van der Waals surface area contributed by atoms with Crippen LogP contribution in [0.4, 0.5) is 5.69 Å². The average Bonchev–Trinajstić information content (AvgIpc) is 2.80. The number of rotatable bonds is 7. The van der Waals surface area contributed by atoms with E-state index in [9.17, 15) is 14.4 Å². The Bertz CT molecular complexity index is 963. The Morgan fingerprint density at radius 2 is 1.75 bits per heavy atom. The summed E-state index contributed by atoms with van der Waals surface area (Å²) in [6.07, 6.45) is 1.10. The van der Waals surface area contributed by atoms with E-state index in [1.165, 1.54) is 4.90 Å². The molecule has 0 unspecified atom stereocenters. The molecule has 7 nitrogen and oxygen atoms in total. The molecule has 2 aromatic carbocycles. The first-order chi connectivity index (χ1) is 15.3. The maximum Gasteiger partial charge on any atom is 0.260 e. The summed E-state index contributed by atoms with van der Waals surface area (Å²) in [4.78, 5) is 40.5. The van der Waals surface area contributed by atoms with Crippen LogP contribution in [0.15, 0.2) is 48.5 Å². The highest BCUT2D eigenvalue weighted by atomic mass is 35.5. The van der Waals surface area contributed by atoms with Gasteiger partial charge in [-0.05, 0) is 43.2 Å². The number of ether oxygens (including phenoxy) is 1. The quantitative estimate of drug-likeness (QED) is 0.658. The van der Waals surface area contributed by atoms with Crippen LogP contribution in [-0.4, -0.2) is 60.8 Å². The van der Waals surface area contributed by atoms with Crippen LogP contribution in [0.1, 0.15) is 12.8 Å². The maximum atomic E-state index is 12.8. The molecule has 2 aromatic rings. The van der Waals surface area contributed by atoms with Crippen LogP contribution in [0.25, 0.3) is 0 Å². The molecule has 3 rings (SSSR count). The number of carbonyl (C=O) groups is 3. The number of piperidine rings is 1. The summed E-state index contributed by atoms with van der Waals surface area (Å²) in [7, 11) is 1.60. The normalized spacial score (nSPS) is 14.0. The van der Waals surface area contributed by atoms with Crippen molar-refractivity contribution in [1.29, 1.82) is 0 Å². The second kappa shape index (κ2) is 11.2. The lowest BCUT2D eigenvalue weighted by Crippen LogP contribution is -2.46. The maximum absolute atomic E-state index is 12.8. The predicted molar refractivity (Wildman–Crippen MR) is 124 cm³/mol. The summed E-state index contributed by atoms with van der Waals surface area (Å²) in [6.45, 7) is 0.855. The van der Waals surface area contributed by atoms with Gasteiger partial charge in [0.2, 0.25) is 11.8 Å². The van der Waals surface area contributed by atoms with Crippen LogP contribution in [0, 0.1) is 5.92 Å². The lowest BCUT2D eigenvalue weighted by atomic mass is 9.95. The second-order valence-corrected chi connectivity index (χ2v) is 8.44. The van der Waals surface area contributed by atoms with Gasteiger partial charge in [-0.25, -0.2) is 0 Å². The molecule has 1 saturated heterocycles. The summed E-state index contributed by atoms with van der Waals surface area (Å²) in [5.74, 6) is -0.121. The number of nitrogens with zero attached hydrogens (tertiary/aromatic N) is 2. The number of hydrogen-bond acceptors (Lipinski definition) is 4. The zero-order chi connectivity index (χ0) is 23.1. The Balaban J connectivity index is 1.42. The molecular weight excluding hydrogens is 453 g/mol. The van der Waals surface area contributed by atoms with Crippen LogP contribution in [-0.2, 0) is 14.4 Å². The average molecular weight is 478 g/mol. The smallest absolute Gasteiger partial charge is 0.260 e. The van der Waals surface area contributed by atoms with E-state index in [1.807, 2.05) is 18.2 Å². The minimum Gasteiger partial charge on any atom is -0.484 e. The molecule has 170 valence electrons. The van der Waals surface area contributed by atoms with Gasteiger partial charge >= 0.3 is 0 Å². The van der Waals surface area contributed by atoms with Crippen LogP contribution in [0.3, 0.4) is 0 Å². The van der Waals surface area contributed by atoms with Gasteiger partial charge in [0, 0.05) is 31.7 Å². The summed E-state index contributed by atoms with van der Waals surface area (Å²) in [5, 5.41) is 3.44. The zero-order valence-corrected chi connectivity index (χ0v) is 19.2. The second-order valence-electron chi connectivity index (χ2n) is 7.63. The molecule has 0 aliphatic carbocycles. The van der Waals surface area contributed by atoms with Crippen molar-refractivity contribution in [3.63, 3.8) is 0 Å². The molecule has 1 aliphatic heterocycles. The van der Waals surface area contributed by atoms with Gasteiger partial charge in [0.15, 0.2) is 6.61 Å². The zero-order valence-electron chi connectivity index (χ0n) is 17.7. The van der Waals surface area contributed by atoms with E-state index in [4.69, 9.17) is 27.9 Å². The Morgan fingerprint density at radius 1 is 1.06 bits per heavy atom. The molecule has 1 aliphatic rings. The Morgan fingerprint density at radius 3 is 2.41 bits per heavy atom. The lowest BCUT2D eigenvalue weighted by Gasteiger charge is -2.33. The fourth-order valence-corrected chi connectivity index (χ4v) is 3.81. The van der Waals surface area contributed by atoms with E-state index in [2.05, 4.69) is 5.32 Å². The molecular formula is C23H25Cl2N3O4. The molecule has 0 spiro atoms. The highest BCUT2D eigenvalue weighted by Crippen LogP contribution is 2.25. The SMILES string of the molecule is CN(CC(=O)Nc1ccc(Cl)c(Cl)c1)C(=O)C1CCN(C(=O)COc2ccccc2)CC1. The highest BCUT2D eigenvalue weighted by Gasteiger charge is 2.29. The van der Waals surface area contributed by atoms with Crippen molar-refractivity contribution in [3.8, 4) is 5.75 Å². The number of para-hydroxylation sites is 1. The number of benzene rings is 2. The van der Waals surface area contributed by atoms with Gasteiger partial charge < -0.3 is 19.9 Å². The topological polar surface area (TPSA) is 79.0 Å². The van der Waals surface area contributed by atoms with Crippen molar-refractivity contribution < 1.29 is 19.1 Å². The van der Waals surface area contributed by atoms with E-state index >= 15 is 0 Å².